The van der Waals surface area contributed by atoms with Gasteiger partial charge < -0.3 is 9.47 Å². The largest absolute Gasteiger partial charge is 0.481 e. The second-order valence-electron chi connectivity index (χ2n) is 3.82. The van der Waals surface area contributed by atoms with Gasteiger partial charge in [0.15, 0.2) is 0 Å². The molecule has 3 nitrogen and oxygen atoms in total. The normalized spacial score (nSPS) is 9.35. The zero-order chi connectivity index (χ0) is 14.4. The number of ether oxygens (including phenoxy) is 2. The third-order valence-corrected chi connectivity index (χ3v) is 2.44. The Balaban J connectivity index is 2.15. The molecule has 4 heteroatoms. The smallest absolute Gasteiger partial charge is 0.148 e. The van der Waals surface area contributed by atoms with Gasteiger partial charge in [0.25, 0.3) is 0 Å². The third kappa shape index (κ3) is 3.28. The maximum absolute atomic E-state index is 13.0. The average molecular weight is 267 g/mol. The summed E-state index contributed by atoms with van der Waals surface area (Å²) in [6.45, 7) is 0.191. The number of nitriles is 1. The third-order valence-electron chi connectivity index (χ3n) is 2.44. The van der Waals surface area contributed by atoms with Crippen LogP contribution in [0.1, 0.15) is 5.56 Å². The molecule has 0 aliphatic rings. The Bertz CT molecular complexity index is 681. The molecule has 0 fully saturated rings. The molecule has 98 valence electrons. The lowest BCUT2D eigenvalue weighted by molar-refractivity contribution is 0.369. The summed E-state index contributed by atoms with van der Waals surface area (Å²) in [6.07, 6.45) is 5.09. The minimum absolute atomic E-state index is 0.137. The number of terminal acetylenes is 1. The van der Waals surface area contributed by atoms with E-state index in [-0.39, 0.29) is 12.2 Å². The zero-order valence-electron chi connectivity index (χ0n) is 10.5. The van der Waals surface area contributed by atoms with E-state index in [0.29, 0.717) is 17.2 Å². The molecule has 0 aliphatic heterocycles. The van der Waals surface area contributed by atoms with Gasteiger partial charge >= 0.3 is 0 Å². The quantitative estimate of drug-likeness (QED) is 0.796. The summed E-state index contributed by atoms with van der Waals surface area (Å²) in [5.41, 5.74) is 0.137. The molecule has 2 aromatic carbocycles. The van der Waals surface area contributed by atoms with E-state index < -0.39 is 5.82 Å². The summed E-state index contributed by atoms with van der Waals surface area (Å²) in [5, 5.41) is 8.93. The first-order valence-corrected chi connectivity index (χ1v) is 5.77. The van der Waals surface area contributed by atoms with E-state index in [9.17, 15) is 4.39 Å². The molecule has 0 heterocycles. The predicted octanol–water partition coefficient (Wildman–Crippen LogP) is 3.50. The van der Waals surface area contributed by atoms with Gasteiger partial charge in [0.05, 0.1) is 5.56 Å². The van der Waals surface area contributed by atoms with Crippen LogP contribution in [0.3, 0.4) is 0 Å². The van der Waals surface area contributed by atoms with E-state index in [1.54, 1.807) is 24.3 Å². The van der Waals surface area contributed by atoms with Crippen molar-refractivity contribution in [3.8, 4) is 35.7 Å². The zero-order valence-corrected chi connectivity index (χ0v) is 10.5. The van der Waals surface area contributed by atoms with Crippen molar-refractivity contribution in [1.29, 1.82) is 5.26 Å². The molecule has 0 amide bonds. The van der Waals surface area contributed by atoms with Crippen molar-refractivity contribution in [3.63, 3.8) is 0 Å². The fourth-order valence-electron chi connectivity index (χ4n) is 1.53. The maximum Gasteiger partial charge on any atom is 0.148 e. The van der Waals surface area contributed by atoms with Gasteiger partial charge in [-0.3, -0.25) is 0 Å². The first-order valence-electron chi connectivity index (χ1n) is 5.77. The van der Waals surface area contributed by atoms with Gasteiger partial charge in [-0.25, -0.2) is 4.39 Å². The topological polar surface area (TPSA) is 42.2 Å². The molecule has 0 spiro atoms. The standard InChI is InChI=1S/C16H10FNO2/c1-2-9-19-14-4-6-15(7-5-14)20-16-8-3-13(17)10-12(16)11-18/h1,3-8,10H,9H2. The molecule has 0 saturated carbocycles. The van der Waals surface area contributed by atoms with E-state index in [1.165, 1.54) is 12.1 Å². The minimum Gasteiger partial charge on any atom is -0.481 e. The summed E-state index contributed by atoms with van der Waals surface area (Å²) in [5.74, 6) is 3.32. The number of nitrogens with zero attached hydrogens (tertiary/aromatic N) is 1. The van der Waals surface area contributed by atoms with Gasteiger partial charge in [-0.1, -0.05) is 5.92 Å². The van der Waals surface area contributed by atoms with E-state index in [0.717, 1.165) is 6.07 Å². The molecule has 0 aromatic heterocycles. The van der Waals surface area contributed by atoms with Crippen LogP contribution in [0.25, 0.3) is 0 Å². The Morgan fingerprint density at radius 2 is 1.80 bits per heavy atom. The summed E-state index contributed by atoms with van der Waals surface area (Å²) in [7, 11) is 0. The number of hydrogen-bond donors (Lipinski definition) is 0. The van der Waals surface area contributed by atoms with Gasteiger partial charge in [-0.2, -0.15) is 5.26 Å². The molecular weight excluding hydrogens is 257 g/mol. The van der Waals surface area contributed by atoms with Crippen molar-refractivity contribution in [2.45, 2.75) is 0 Å². The lowest BCUT2D eigenvalue weighted by Gasteiger charge is -2.08. The van der Waals surface area contributed by atoms with Crippen molar-refractivity contribution >= 4 is 0 Å². The fourth-order valence-corrected chi connectivity index (χ4v) is 1.53. The van der Waals surface area contributed by atoms with Crippen molar-refractivity contribution in [2.75, 3.05) is 6.61 Å². The summed E-state index contributed by atoms with van der Waals surface area (Å²) in [6, 6.07) is 12.4. The van der Waals surface area contributed by atoms with Crippen LogP contribution < -0.4 is 9.47 Å². The molecule has 0 N–H and O–H groups in total. The molecule has 0 radical (unpaired) electrons. The molecule has 0 bridgehead atoms. The number of benzene rings is 2. The van der Waals surface area contributed by atoms with Gasteiger partial charge in [0.2, 0.25) is 0 Å². The van der Waals surface area contributed by atoms with Gasteiger partial charge in [-0.05, 0) is 42.5 Å². The first-order chi connectivity index (χ1) is 9.72. The molecule has 2 rings (SSSR count). The van der Waals surface area contributed by atoms with Crippen LogP contribution in [0.5, 0.6) is 17.2 Å². The molecule has 0 saturated heterocycles. The Labute approximate surface area is 116 Å². The highest BCUT2D eigenvalue weighted by Gasteiger charge is 2.06. The molecular formula is C16H10FNO2. The molecule has 2 aromatic rings. The molecule has 0 aliphatic carbocycles. The second-order valence-corrected chi connectivity index (χ2v) is 3.82. The van der Waals surface area contributed by atoms with E-state index in [1.807, 2.05) is 6.07 Å². The SMILES string of the molecule is C#CCOc1ccc(Oc2ccc(F)cc2C#N)cc1. The Hall–Kier alpha value is -2.98. The van der Waals surface area contributed by atoms with Gasteiger partial charge in [0, 0.05) is 0 Å². The Kier molecular flexibility index (Phi) is 4.21. The van der Waals surface area contributed by atoms with Crippen LogP contribution >= 0.6 is 0 Å². The van der Waals surface area contributed by atoms with Gasteiger partial charge in [-0.15, -0.1) is 6.42 Å². The molecule has 0 atom stereocenters. The number of hydrogen-bond acceptors (Lipinski definition) is 3. The van der Waals surface area contributed by atoms with E-state index >= 15 is 0 Å². The highest BCUT2D eigenvalue weighted by Crippen LogP contribution is 2.27. The first kappa shape index (κ1) is 13.5. The lowest BCUT2D eigenvalue weighted by atomic mass is 10.2. The molecule has 0 unspecified atom stereocenters. The predicted molar refractivity (Wildman–Crippen MR) is 72.0 cm³/mol. The van der Waals surface area contributed by atoms with Crippen molar-refractivity contribution in [1.82, 2.24) is 0 Å². The van der Waals surface area contributed by atoms with Crippen LogP contribution in [-0.4, -0.2) is 6.61 Å². The van der Waals surface area contributed by atoms with Crippen molar-refractivity contribution < 1.29 is 13.9 Å². The van der Waals surface area contributed by atoms with Crippen LogP contribution in [0, 0.1) is 29.5 Å². The summed E-state index contributed by atoms with van der Waals surface area (Å²) >= 11 is 0. The Morgan fingerprint density at radius 3 is 2.45 bits per heavy atom. The summed E-state index contributed by atoms with van der Waals surface area (Å²) in [4.78, 5) is 0. The van der Waals surface area contributed by atoms with Crippen molar-refractivity contribution in [3.05, 3.63) is 53.8 Å². The fraction of sp³-hybridized carbons (Fsp3) is 0.0625. The highest BCUT2D eigenvalue weighted by molar-refractivity contribution is 5.46. The number of halogens is 1. The van der Waals surface area contributed by atoms with Gasteiger partial charge in [0.1, 0.15) is 35.7 Å². The monoisotopic (exact) mass is 267 g/mol. The molecule has 20 heavy (non-hydrogen) atoms. The second kappa shape index (κ2) is 6.26. The minimum atomic E-state index is -0.480. The lowest BCUT2D eigenvalue weighted by Crippen LogP contribution is -1.93. The van der Waals surface area contributed by atoms with Crippen LogP contribution in [0.4, 0.5) is 4.39 Å². The number of rotatable bonds is 4. The van der Waals surface area contributed by atoms with Crippen LogP contribution in [0.2, 0.25) is 0 Å². The summed E-state index contributed by atoms with van der Waals surface area (Å²) < 4.78 is 23.8. The Morgan fingerprint density at radius 1 is 1.10 bits per heavy atom. The highest BCUT2D eigenvalue weighted by atomic mass is 19.1. The maximum atomic E-state index is 13.0. The van der Waals surface area contributed by atoms with E-state index in [4.69, 9.17) is 21.2 Å². The average Bonchev–Trinajstić information content (AvgIpc) is 2.48. The van der Waals surface area contributed by atoms with E-state index in [2.05, 4.69) is 5.92 Å². The van der Waals surface area contributed by atoms with Crippen LogP contribution in [0.15, 0.2) is 42.5 Å². The van der Waals surface area contributed by atoms with Crippen LogP contribution in [-0.2, 0) is 0 Å². The van der Waals surface area contributed by atoms with Crippen molar-refractivity contribution in [2.24, 2.45) is 0 Å².